The van der Waals surface area contributed by atoms with E-state index in [-0.39, 0.29) is 23.1 Å². The van der Waals surface area contributed by atoms with Crippen LogP contribution in [0.15, 0.2) is 41.7 Å². The Kier molecular flexibility index (Phi) is 7.53. The van der Waals surface area contributed by atoms with E-state index in [0.29, 0.717) is 31.7 Å². The Morgan fingerprint density at radius 2 is 1.94 bits per heavy atom. The summed E-state index contributed by atoms with van der Waals surface area (Å²) in [6.45, 7) is 1.31. The number of rotatable bonds is 6. The third kappa shape index (κ3) is 6.44. The van der Waals surface area contributed by atoms with E-state index >= 15 is 0 Å². The number of anilines is 1. The molecule has 2 amide bonds. The predicted octanol–water partition coefficient (Wildman–Crippen LogP) is 3.65. The second-order valence-electron chi connectivity index (χ2n) is 6.88. The van der Waals surface area contributed by atoms with E-state index in [1.165, 1.54) is 29.2 Å². The second-order valence-corrected chi connectivity index (χ2v) is 7.29. The van der Waals surface area contributed by atoms with Gasteiger partial charge >= 0.3 is 12.2 Å². The summed E-state index contributed by atoms with van der Waals surface area (Å²) in [5, 5.41) is 16.6. The zero-order valence-corrected chi connectivity index (χ0v) is 17.7. The van der Waals surface area contributed by atoms with Gasteiger partial charge in [0.25, 0.3) is 5.69 Å². The summed E-state index contributed by atoms with van der Waals surface area (Å²) in [6, 6.07) is 6.15. The summed E-state index contributed by atoms with van der Waals surface area (Å²) >= 11 is 5.97. The number of alkyl halides is 3. The number of pyridine rings is 1. The zero-order chi connectivity index (χ0) is 24.0. The summed E-state index contributed by atoms with van der Waals surface area (Å²) in [4.78, 5) is 34.4. The minimum Gasteiger partial charge on any atom is -0.390 e. The van der Waals surface area contributed by atoms with Gasteiger partial charge in [-0.3, -0.25) is 15.4 Å². The van der Waals surface area contributed by atoms with Crippen LogP contribution >= 0.6 is 11.6 Å². The van der Waals surface area contributed by atoms with Gasteiger partial charge in [0.05, 0.1) is 15.5 Å². The van der Waals surface area contributed by atoms with Gasteiger partial charge in [0.1, 0.15) is 18.8 Å². The molecule has 1 N–H and O–H groups in total. The van der Waals surface area contributed by atoms with Gasteiger partial charge in [-0.05, 0) is 23.8 Å². The summed E-state index contributed by atoms with van der Waals surface area (Å²) < 4.78 is 38.3. The highest BCUT2D eigenvalue weighted by atomic mass is 35.5. The third-order valence-electron chi connectivity index (χ3n) is 4.71. The molecule has 1 aliphatic heterocycles. The van der Waals surface area contributed by atoms with Crippen LogP contribution in [0.25, 0.3) is 0 Å². The highest BCUT2D eigenvalue weighted by molar-refractivity contribution is 6.33. The molecule has 0 spiro atoms. The van der Waals surface area contributed by atoms with Crippen LogP contribution in [-0.4, -0.2) is 53.4 Å². The maximum Gasteiger partial charge on any atom is 0.417 e. The van der Waals surface area contributed by atoms with Crippen molar-refractivity contribution >= 4 is 35.5 Å². The number of non-ortho nitro benzene ring substituents is 1. The first-order valence-electron chi connectivity index (χ1n) is 9.55. The first-order valence-corrected chi connectivity index (χ1v) is 9.93. The molecule has 1 saturated heterocycles. The van der Waals surface area contributed by atoms with Crippen molar-refractivity contribution in [1.82, 2.24) is 15.2 Å². The zero-order valence-electron chi connectivity index (χ0n) is 17.0. The Bertz CT molecular complexity index is 1030. The maximum atomic E-state index is 12.8. The highest BCUT2D eigenvalue weighted by Crippen LogP contribution is 2.33. The van der Waals surface area contributed by atoms with Gasteiger partial charge in [-0.1, -0.05) is 16.8 Å². The molecule has 1 aromatic carbocycles. The molecule has 0 saturated carbocycles. The Balaban J connectivity index is 1.42. The van der Waals surface area contributed by atoms with E-state index < -0.39 is 22.7 Å². The number of oxime groups is 1. The predicted molar refractivity (Wildman–Crippen MR) is 113 cm³/mol. The molecule has 1 aliphatic rings. The van der Waals surface area contributed by atoms with Gasteiger partial charge in [0, 0.05) is 44.5 Å². The van der Waals surface area contributed by atoms with Crippen molar-refractivity contribution in [3.8, 4) is 0 Å². The van der Waals surface area contributed by atoms with E-state index in [1.54, 1.807) is 4.90 Å². The number of nitrogens with one attached hydrogen (secondary N) is 1. The van der Waals surface area contributed by atoms with Crippen molar-refractivity contribution < 1.29 is 27.7 Å². The van der Waals surface area contributed by atoms with Crippen LogP contribution in [0, 0.1) is 10.1 Å². The van der Waals surface area contributed by atoms with E-state index in [9.17, 15) is 28.1 Å². The largest absolute Gasteiger partial charge is 0.417 e. The van der Waals surface area contributed by atoms with Crippen molar-refractivity contribution in [1.29, 1.82) is 0 Å². The second kappa shape index (κ2) is 10.3. The number of carbonyl (C=O) groups excluding carboxylic acids is 1. The average molecular weight is 487 g/mol. The molecule has 0 bridgehead atoms. The number of carbonyl (C=O) groups is 1. The van der Waals surface area contributed by atoms with E-state index in [2.05, 4.69) is 15.5 Å². The molecular formula is C19H18ClF3N6O4. The van der Waals surface area contributed by atoms with E-state index in [4.69, 9.17) is 16.4 Å². The highest BCUT2D eigenvalue weighted by Gasteiger charge is 2.32. The van der Waals surface area contributed by atoms with Gasteiger partial charge in [0.2, 0.25) is 0 Å². The van der Waals surface area contributed by atoms with Crippen molar-refractivity contribution in [2.45, 2.75) is 12.8 Å². The first kappa shape index (κ1) is 24.0. The van der Waals surface area contributed by atoms with Gasteiger partial charge in [-0.2, -0.15) is 13.2 Å². The Labute approximate surface area is 190 Å². The summed E-state index contributed by atoms with van der Waals surface area (Å²) in [5.74, 6) is 0.228. The molecule has 0 unspecified atom stereocenters. The molecule has 2 heterocycles. The van der Waals surface area contributed by atoms with Crippen molar-refractivity contribution in [2.24, 2.45) is 5.16 Å². The van der Waals surface area contributed by atoms with Crippen LogP contribution in [0.2, 0.25) is 5.02 Å². The number of nitro groups is 1. The lowest BCUT2D eigenvalue weighted by Gasteiger charge is -2.35. The van der Waals surface area contributed by atoms with Gasteiger partial charge < -0.3 is 14.6 Å². The summed E-state index contributed by atoms with van der Waals surface area (Å²) in [5.41, 5.74) is -0.300. The third-order valence-corrected chi connectivity index (χ3v) is 4.99. The number of halogens is 4. The molecule has 0 atom stereocenters. The normalized spacial score (nSPS) is 14.4. The number of urea groups is 1. The lowest BCUT2D eigenvalue weighted by atomic mass is 10.2. The number of amides is 2. The van der Waals surface area contributed by atoms with Crippen molar-refractivity contribution in [2.75, 3.05) is 31.1 Å². The molecule has 10 nitrogen and oxygen atoms in total. The number of nitrogens with zero attached hydrogens (tertiary/aromatic N) is 5. The standard InChI is InChI=1S/C19H18ClF3N6O4/c20-16-9-14(19(21,22)23)10-24-17(16)27-5-7-28(8-6-27)18(30)25-12-26-33-11-13-1-3-15(4-2-13)29(31)32/h1-4,9-10,12H,5-8,11H2,(H,25,26,30). The van der Waals surface area contributed by atoms with Crippen LogP contribution in [-0.2, 0) is 17.6 Å². The number of hydrogen-bond donors (Lipinski definition) is 1. The van der Waals surface area contributed by atoms with Gasteiger partial charge in [-0.15, -0.1) is 0 Å². The molecule has 3 rings (SSSR count). The minimum absolute atomic E-state index is 0.0361. The monoisotopic (exact) mass is 486 g/mol. The summed E-state index contributed by atoms with van der Waals surface area (Å²) in [7, 11) is 0. The SMILES string of the molecule is O=C(NC=NOCc1ccc([N+](=O)[O-])cc1)N1CCN(c2ncc(C(F)(F)F)cc2Cl)CC1. The lowest BCUT2D eigenvalue weighted by molar-refractivity contribution is -0.384. The average Bonchev–Trinajstić information content (AvgIpc) is 2.78. The lowest BCUT2D eigenvalue weighted by Crippen LogP contribution is -2.52. The topological polar surface area (TPSA) is 113 Å². The number of piperazine rings is 1. The number of aromatic nitrogens is 1. The van der Waals surface area contributed by atoms with Crippen LogP contribution in [0.5, 0.6) is 0 Å². The molecule has 0 radical (unpaired) electrons. The molecule has 2 aromatic rings. The fraction of sp³-hybridized carbons (Fsp3) is 0.316. The van der Waals surface area contributed by atoms with Crippen LogP contribution < -0.4 is 10.2 Å². The van der Waals surface area contributed by atoms with Crippen molar-refractivity contribution in [3.63, 3.8) is 0 Å². The molecule has 33 heavy (non-hydrogen) atoms. The fourth-order valence-electron chi connectivity index (χ4n) is 2.98. The quantitative estimate of drug-likeness (QED) is 0.288. The molecule has 0 aliphatic carbocycles. The molecule has 176 valence electrons. The Hall–Kier alpha value is -3.61. The molecule has 1 aromatic heterocycles. The van der Waals surface area contributed by atoms with Crippen LogP contribution in [0.3, 0.4) is 0 Å². The first-order chi connectivity index (χ1) is 15.6. The minimum atomic E-state index is -4.53. The van der Waals surface area contributed by atoms with Crippen LogP contribution in [0.1, 0.15) is 11.1 Å². The van der Waals surface area contributed by atoms with Crippen LogP contribution in [0.4, 0.5) is 29.5 Å². The fourth-order valence-corrected chi connectivity index (χ4v) is 3.26. The van der Waals surface area contributed by atoms with Gasteiger partial charge in [0.15, 0.2) is 0 Å². The maximum absolute atomic E-state index is 12.8. The molecule has 1 fully saturated rings. The Morgan fingerprint density at radius 3 is 2.52 bits per heavy atom. The summed E-state index contributed by atoms with van der Waals surface area (Å²) in [6.07, 6.45) is -2.72. The van der Waals surface area contributed by atoms with E-state index in [0.717, 1.165) is 18.6 Å². The smallest absolute Gasteiger partial charge is 0.390 e. The van der Waals surface area contributed by atoms with E-state index in [1.807, 2.05) is 0 Å². The van der Waals surface area contributed by atoms with Gasteiger partial charge in [-0.25, -0.2) is 9.78 Å². The Morgan fingerprint density at radius 1 is 1.27 bits per heavy atom. The molecule has 14 heteroatoms. The number of benzene rings is 1. The van der Waals surface area contributed by atoms with Crippen molar-refractivity contribution in [3.05, 3.63) is 62.8 Å². The number of nitro benzene ring substituents is 1. The number of hydrogen-bond acceptors (Lipinski definition) is 7. The molecular weight excluding hydrogens is 469 g/mol.